The van der Waals surface area contributed by atoms with Gasteiger partial charge in [0.1, 0.15) is 0 Å². The third-order valence-corrected chi connectivity index (χ3v) is 5.57. The predicted molar refractivity (Wildman–Crippen MR) is 79.0 cm³/mol. The molecule has 3 fully saturated rings. The number of likely N-dealkylation sites (tertiary alicyclic amines) is 1. The monoisotopic (exact) mass is 294 g/mol. The fourth-order valence-electron chi connectivity index (χ4n) is 4.38. The Morgan fingerprint density at radius 1 is 1.05 bits per heavy atom. The van der Waals surface area contributed by atoms with Crippen LogP contribution in [0.3, 0.4) is 0 Å². The van der Waals surface area contributed by atoms with Crippen LogP contribution in [0.25, 0.3) is 0 Å². The number of fused-ring (bicyclic) bond motifs is 2. The highest BCUT2D eigenvalue weighted by Gasteiger charge is 2.45. The number of hydrogen-bond acceptors (Lipinski definition) is 2. The third kappa shape index (κ3) is 3.01. The first kappa shape index (κ1) is 14.7. The molecule has 2 amide bonds. The normalized spacial score (nSPS) is 33.3. The van der Waals surface area contributed by atoms with Gasteiger partial charge in [0.25, 0.3) is 0 Å². The van der Waals surface area contributed by atoms with E-state index in [2.05, 4.69) is 11.8 Å². The highest BCUT2D eigenvalue weighted by atomic mass is 16.4. The topological polar surface area (TPSA) is 60.9 Å². The summed E-state index contributed by atoms with van der Waals surface area (Å²) in [4.78, 5) is 27.8. The van der Waals surface area contributed by atoms with Crippen molar-refractivity contribution >= 4 is 12.0 Å². The minimum absolute atomic E-state index is 0.211. The Labute approximate surface area is 126 Å². The zero-order chi connectivity index (χ0) is 15.0. The van der Waals surface area contributed by atoms with Crippen molar-refractivity contribution in [3.8, 4) is 0 Å². The Kier molecular flexibility index (Phi) is 4.09. The van der Waals surface area contributed by atoms with Crippen LogP contribution in [0.15, 0.2) is 0 Å². The van der Waals surface area contributed by atoms with E-state index in [0.717, 1.165) is 57.5 Å². The molecule has 0 aliphatic carbocycles. The van der Waals surface area contributed by atoms with E-state index in [0.29, 0.717) is 0 Å². The summed E-state index contributed by atoms with van der Waals surface area (Å²) in [6, 6.07) is 0.767. The van der Waals surface area contributed by atoms with Crippen LogP contribution in [0, 0.1) is 11.8 Å². The second-order valence-electron chi connectivity index (χ2n) is 7.18. The molecule has 0 saturated carbocycles. The number of nitrogens with zero attached hydrogens (tertiary/aromatic N) is 2. The van der Waals surface area contributed by atoms with Crippen LogP contribution < -0.4 is 0 Å². The zero-order valence-corrected chi connectivity index (χ0v) is 12.8. The number of hydrogen-bond donors (Lipinski definition) is 1. The summed E-state index contributed by atoms with van der Waals surface area (Å²) in [6.07, 6.45) is 6.33. The Morgan fingerprint density at radius 2 is 1.62 bits per heavy atom. The summed E-state index contributed by atoms with van der Waals surface area (Å²) in [7, 11) is 0. The molecule has 2 unspecified atom stereocenters. The van der Waals surface area contributed by atoms with Crippen LogP contribution in [-0.2, 0) is 4.79 Å². The van der Waals surface area contributed by atoms with Crippen LogP contribution in [-0.4, -0.2) is 52.1 Å². The number of carbonyl (C=O) groups is 2. The van der Waals surface area contributed by atoms with Gasteiger partial charge in [-0.15, -0.1) is 0 Å². The first-order valence-corrected chi connectivity index (χ1v) is 8.33. The number of carbonyl (C=O) groups excluding carboxylic acids is 1. The minimum Gasteiger partial charge on any atom is -0.481 e. The van der Waals surface area contributed by atoms with Crippen molar-refractivity contribution in [3.05, 3.63) is 0 Å². The van der Waals surface area contributed by atoms with Crippen LogP contribution in [0.5, 0.6) is 0 Å². The molecular weight excluding hydrogens is 268 g/mol. The second kappa shape index (κ2) is 5.85. The van der Waals surface area contributed by atoms with E-state index < -0.39 is 5.97 Å². The van der Waals surface area contributed by atoms with E-state index in [9.17, 15) is 9.59 Å². The molecule has 5 heteroatoms. The van der Waals surface area contributed by atoms with Crippen molar-refractivity contribution < 1.29 is 14.7 Å². The average molecular weight is 294 g/mol. The predicted octanol–water partition coefficient (Wildman–Crippen LogP) is 2.56. The molecule has 1 N–H and O–H groups in total. The molecule has 3 saturated heterocycles. The Morgan fingerprint density at radius 3 is 2.14 bits per heavy atom. The molecule has 3 rings (SSSR count). The molecule has 0 aromatic heterocycles. The van der Waals surface area contributed by atoms with Gasteiger partial charge >= 0.3 is 12.0 Å². The van der Waals surface area contributed by atoms with Gasteiger partial charge in [0, 0.05) is 31.6 Å². The molecule has 3 aliphatic heterocycles. The standard InChI is InChI=1S/C16H26N2O3/c1-11-4-6-17(7-5-11)16(21)18-13-2-3-14(18)9-12(8-13)10-15(19)20/h11-14H,2-10H2,1H3,(H,19,20). The molecule has 2 bridgehead atoms. The number of urea groups is 1. The van der Waals surface area contributed by atoms with Crippen LogP contribution in [0.1, 0.15) is 51.9 Å². The SMILES string of the molecule is CC1CCN(C(=O)N2C3CCC2CC(CC(=O)O)C3)CC1. The number of carboxylic acids is 1. The molecule has 0 spiro atoms. The first-order valence-electron chi connectivity index (χ1n) is 8.33. The molecule has 21 heavy (non-hydrogen) atoms. The lowest BCUT2D eigenvalue weighted by Crippen LogP contribution is -2.53. The average Bonchev–Trinajstić information content (AvgIpc) is 2.70. The zero-order valence-electron chi connectivity index (χ0n) is 12.8. The van der Waals surface area contributed by atoms with Gasteiger partial charge < -0.3 is 14.9 Å². The number of aliphatic carboxylic acids is 1. The summed E-state index contributed by atoms with van der Waals surface area (Å²) >= 11 is 0. The number of rotatable bonds is 2. The van der Waals surface area contributed by atoms with Gasteiger partial charge in [-0.1, -0.05) is 6.92 Å². The summed E-state index contributed by atoms with van der Waals surface area (Å²) in [6.45, 7) is 4.02. The van der Waals surface area contributed by atoms with E-state index >= 15 is 0 Å². The van der Waals surface area contributed by atoms with Crippen LogP contribution in [0.4, 0.5) is 4.79 Å². The molecule has 0 aromatic rings. The van der Waals surface area contributed by atoms with Gasteiger partial charge in [-0.3, -0.25) is 4.79 Å². The fourth-order valence-corrected chi connectivity index (χ4v) is 4.38. The van der Waals surface area contributed by atoms with Crippen molar-refractivity contribution in [3.63, 3.8) is 0 Å². The summed E-state index contributed by atoms with van der Waals surface area (Å²) in [5.41, 5.74) is 0. The van der Waals surface area contributed by atoms with E-state index in [1.807, 2.05) is 4.90 Å². The van der Waals surface area contributed by atoms with E-state index in [-0.39, 0.29) is 30.5 Å². The number of carboxylic acid groups (broad SMARTS) is 1. The Balaban J connectivity index is 1.62. The lowest BCUT2D eigenvalue weighted by molar-refractivity contribution is -0.138. The smallest absolute Gasteiger partial charge is 0.320 e. The van der Waals surface area contributed by atoms with Gasteiger partial charge in [0.15, 0.2) is 0 Å². The molecule has 118 valence electrons. The molecule has 3 aliphatic rings. The first-order chi connectivity index (χ1) is 10.0. The fraction of sp³-hybridized carbons (Fsp3) is 0.875. The van der Waals surface area contributed by atoms with Crippen molar-refractivity contribution in [1.29, 1.82) is 0 Å². The minimum atomic E-state index is -0.704. The highest BCUT2D eigenvalue weighted by Crippen LogP contribution is 2.40. The largest absolute Gasteiger partial charge is 0.481 e. The van der Waals surface area contributed by atoms with Gasteiger partial charge in [-0.25, -0.2) is 4.79 Å². The number of piperidine rings is 2. The third-order valence-electron chi connectivity index (χ3n) is 5.57. The highest BCUT2D eigenvalue weighted by molar-refractivity contribution is 5.76. The van der Waals surface area contributed by atoms with Gasteiger partial charge in [-0.2, -0.15) is 0 Å². The summed E-state index contributed by atoms with van der Waals surface area (Å²) in [5.74, 6) is 0.279. The van der Waals surface area contributed by atoms with Gasteiger partial charge in [0.05, 0.1) is 0 Å². The van der Waals surface area contributed by atoms with Gasteiger partial charge in [-0.05, 0) is 50.4 Å². The molecular formula is C16H26N2O3. The Bertz CT molecular complexity index is 404. The van der Waals surface area contributed by atoms with Crippen molar-refractivity contribution in [1.82, 2.24) is 9.80 Å². The Hall–Kier alpha value is -1.26. The number of amides is 2. The molecule has 5 nitrogen and oxygen atoms in total. The quantitative estimate of drug-likeness (QED) is 0.851. The summed E-state index contributed by atoms with van der Waals surface area (Å²) in [5, 5.41) is 8.97. The van der Waals surface area contributed by atoms with E-state index in [1.165, 1.54) is 0 Å². The molecule has 0 radical (unpaired) electrons. The van der Waals surface area contributed by atoms with Crippen molar-refractivity contribution in [2.75, 3.05) is 13.1 Å². The summed E-state index contributed by atoms with van der Waals surface area (Å²) < 4.78 is 0. The van der Waals surface area contributed by atoms with Crippen LogP contribution in [0.2, 0.25) is 0 Å². The van der Waals surface area contributed by atoms with Gasteiger partial charge in [0.2, 0.25) is 0 Å². The lowest BCUT2D eigenvalue weighted by Gasteiger charge is -2.42. The lowest BCUT2D eigenvalue weighted by atomic mass is 9.88. The maximum Gasteiger partial charge on any atom is 0.320 e. The molecule has 3 heterocycles. The maximum absolute atomic E-state index is 12.8. The second-order valence-corrected chi connectivity index (χ2v) is 7.18. The van der Waals surface area contributed by atoms with E-state index in [1.54, 1.807) is 0 Å². The maximum atomic E-state index is 12.8. The van der Waals surface area contributed by atoms with E-state index in [4.69, 9.17) is 5.11 Å². The molecule has 2 atom stereocenters. The van der Waals surface area contributed by atoms with Crippen LogP contribution >= 0.6 is 0 Å². The van der Waals surface area contributed by atoms with Crippen molar-refractivity contribution in [2.45, 2.75) is 64.0 Å². The van der Waals surface area contributed by atoms with Crippen molar-refractivity contribution in [2.24, 2.45) is 11.8 Å². The molecule has 0 aromatic carbocycles.